The van der Waals surface area contributed by atoms with Gasteiger partial charge in [0.15, 0.2) is 0 Å². The number of likely N-dealkylation sites (N-methyl/N-ethyl adjacent to an activating group) is 1. The van der Waals surface area contributed by atoms with Crippen LogP contribution in [0.1, 0.15) is 5.56 Å². The molecule has 0 aliphatic heterocycles. The smallest absolute Gasteiger partial charge is 0.248 e. The molecule has 34 heavy (non-hydrogen) atoms. The molecule has 4 rings (SSSR count). The predicted molar refractivity (Wildman–Crippen MR) is 131 cm³/mol. The van der Waals surface area contributed by atoms with Gasteiger partial charge in [-0.2, -0.15) is 5.10 Å². The number of hydrogen-bond acceptors (Lipinski definition) is 6. The third-order valence-electron chi connectivity index (χ3n) is 5.56. The topological polar surface area (TPSA) is 88.0 Å². The maximum absolute atomic E-state index is 13.5. The number of halogens is 1. The summed E-state index contributed by atoms with van der Waals surface area (Å²) in [6.07, 6.45) is 3.29. The molecule has 1 aromatic carbocycles. The van der Waals surface area contributed by atoms with Crippen molar-refractivity contribution in [3.63, 3.8) is 0 Å². The van der Waals surface area contributed by atoms with Crippen LogP contribution in [0, 0.1) is 5.82 Å². The van der Waals surface area contributed by atoms with E-state index in [9.17, 15) is 9.18 Å². The molecule has 8 nitrogen and oxygen atoms in total. The van der Waals surface area contributed by atoms with Crippen LogP contribution in [0.25, 0.3) is 11.3 Å². The van der Waals surface area contributed by atoms with Gasteiger partial charge in [-0.15, -0.1) is 0 Å². The molecule has 3 aromatic heterocycles. The van der Waals surface area contributed by atoms with Crippen molar-refractivity contribution >= 4 is 23.4 Å². The Labute approximate surface area is 197 Å². The van der Waals surface area contributed by atoms with Gasteiger partial charge in [-0.25, -0.2) is 14.4 Å². The fourth-order valence-electron chi connectivity index (χ4n) is 3.64. The van der Waals surface area contributed by atoms with Gasteiger partial charge in [0.05, 0.1) is 11.9 Å². The molecular weight excluding hydrogens is 433 g/mol. The van der Waals surface area contributed by atoms with Gasteiger partial charge < -0.3 is 15.5 Å². The van der Waals surface area contributed by atoms with Gasteiger partial charge in [0.1, 0.15) is 29.3 Å². The second-order valence-electron chi connectivity index (χ2n) is 7.86. The molecule has 0 aliphatic rings. The SMILES string of the molecule is CNc1cc(-c2cc(NC(=O)[C@H](Cc3ccccc3)N(C)c3ccc(F)cn3)n(C)n2)ccn1. The van der Waals surface area contributed by atoms with Crippen molar-refractivity contribution in [2.24, 2.45) is 7.05 Å². The second-order valence-corrected chi connectivity index (χ2v) is 7.86. The molecular formula is C25H26FN7O. The summed E-state index contributed by atoms with van der Waals surface area (Å²) in [5.74, 6) is 1.13. The highest BCUT2D eigenvalue weighted by atomic mass is 19.1. The van der Waals surface area contributed by atoms with Gasteiger partial charge in [-0.1, -0.05) is 30.3 Å². The van der Waals surface area contributed by atoms with Crippen molar-refractivity contribution in [3.8, 4) is 11.3 Å². The molecule has 2 N–H and O–H groups in total. The Morgan fingerprint density at radius 3 is 2.62 bits per heavy atom. The van der Waals surface area contributed by atoms with Gasteiger partial charge in [0, 0.05) is 45.4 Å². The van der Waals surface area contributed by atoms with E-state index in [1.165, 1.54) is 6.07 Å². The van der Waals surface area contributed by atoms with Crippen molar-refractivity contribution in [1.82, 2.24) is 19.7 Å². The van der Waals surface area contributed by atoms with E-state index >= 15 is 0 Å². The average molecular weight is 460 g/mol. The summed E-state index contributed by atoms with van der Waals surface area (Å²) in [6.45, 7) is 0. The Bertz CT molecular complexity index is 1260. The zero-order valence-corrected chi connectivity index (χ0v) is 19.2. The molecule has 0 radical (unpaired) electrons. The van der Waals surface area contributed by atoms with E-state index in [4.69, 9.17) is 0 Å². The normalized spacial score (nSPS) is 11.6. The molecule has 0 fully saturated rings. The molecule has 9 heteroatoms. The number of anilines is 3. The first kappa shape index (κ1) is 22.9. The molecule has 0 bridgehead atoms. The molecule has 1 atom stereocenters. The number of rotatable bonds is 8. The van der Waals surface area contributed by atoms with Crippen LogP contribution in [0.5, 0.6) is 0 Å². The summed E-state index contributed by atoms with van der Waals surface area (Å²) in [5, 5.41) is 10.6. The summed E-state index contributed by atoms with van der Waals surface area (Å²) < 4.78 is 15.0. The second kappa shape index (κ2) is 10.1. The molecule has 174 valence electrons. The van der Waals surface area contributed by atoms with E-state index in [1.807, 2.05) is 48.5 Å². The summed E-state index contributed by atoms with van der Waals surface area (Å²) in [5.41, 5.74) is 2.59. The van der Waals surface area contributed by atoms with Gasteiger partial charge >= 0.3 is 0 Å². The monoisotopic (exact) mass is 459 g/mol. The summed E-state index contributed by atoms with van der Waals surface area (Å²) in [7, 11) is 5.35. The number of aryl methyl sites for hydroxylation is 1. The first-order valence-corrected chi connectivity index (χ1v) is 10.8. The molecule has 0 aliphatic carbocycles. The number of pyridine rings is 2. The zero-order valence-electron chi connectivity index (χ0n) is 19.2. The Balaban J connectivity index is 1.60. The Morgan fingerprint density at radius 2 is 1.91 bits per heavy atom. The lowest BCUT2D eigenvalue weighted by molar-refractivity contribution is -0.117. The van der Waals surface area contributed by atoms with Crippen molar-refractivity contribution < 1.29 is 9.18 Å². The van der Waals surface area contributed by atoms with E-state index in [0.717, 1.165) is 23.1 Å². The minimum atomic E-state index is -0.587. The van der Waals surface area contributed by atoms with Crippen molar-refractivity contribution in [3.05, 3.63) is 84.4 Å². The number of amides is 1. The van der Waals surface area contributed by atoms with Crippen LogP contribution in [0.2, 0.25) is 0 Å². The number of carbonyl (C=O) groups is 1. The number of carbonyl (C=O) groups excluding carboxylic acids is 1. The fraction of sp³-hybridized carbons (Fsp3) is 0.200. The zero-order chi connectivity index (χ0) is 24.1. The standard InChI is InChI=1S/C25H26FN7O/c1-27-22-14-18(11-12-28-22)20-15-24(33(3)31-20)30-25(34)21(13-17-7-5-4-6-8-17)32(2)23-10-9-19(26)16-29-23/h4-12,14-16,21H,13H2,1-3H3,(H,27,28)(H,30,34)/t21-/m0/s1. The number of nitrogens with zero attached hydrogens (tertiary/aromatic N) is 5. The van der Waals surface area contributed by atoms with E-state index in [0.29, 0.717) is 23.8 Å². The summed E-state index contributed by atoms with van der Waals surface area (Å²) in [4.78, 5) is 23.6. The van der Waals surface area contributed by atoms with Gasteiger partial charge in [0.25, 0.3) is 0 Å². The molecule has 0 saturated carbocycles. The fourth-order valence-corrected chi connectivity index (χ4v) is 3.64. The van der Waals surface area contributed by atoms with E-state index in [1.54, 1.807) is 43.0 Å². The van der Waals surface area contributed by atoms with Crippen LogP contribution in [0.15, 0.2) is 73.1 Å². The lowest BCUT2D eigenvalue weighted by Crippen LogP contribution is -2.44. The first-order valence-electron chi connectivity index (χ1n) is 10.8. The molecule has 3 heterocycles. The highest BCUT2D eigenvalue weighted by molar-refractivity contribution is 5.96. The van der Waals surface area contributed by atoms with Crippen LogP contribution in [0.3, 0.4) is 0 Å². The maximum atomic E-state index is 13.5. The van der Waals surface area contributed by atoms with Gasteiger partial charge in [-0.05, 0) is 29.8 Å². The lowest BCUT2D eigenvalue weighted by Gasteiger charge is -2.28. The van der Waals surface area contributed by atoms with Crippen LogP contribution in [0.4, 0.5) is 21.8 Å². The Hall–Kier alpha value is -4.27. The van der Waals surface area contributed by atoms with Crippen molar-refractivity contribution in [2.45, 2.75) is 12.5 Å². The van der Waals surface area contributed by atoms with Crippen molar-refractivity contribution in [2.75, 3.05) is 29.6 Å². The van der Waals surface area contributed by atoms with Crippen LogP contribution >= 0.6 is 0 Å². The average Bonchev–Trinajstić information content (AvgIpc) is 3.23. The largest absolute Gasteiger partial charge is 0.373 e. The number of hydrogen-bond donors (Lipinski definition) is 2. The lowest BCUT2D eigenvalue weighted by atomic mass is 10.0. The first-order chi connectivity index (χ1) is 16.4. The predicted octanol–water partition coefficient (Wildman–Crippen LogP) is 3.74. The number of nitrogens with one attached hydrogen (secondary N) is 2. The molecule has 0 unspecified atom stereocenters. The highest BCUT2D eigenvalue weighted by Gasteiger charge is 2.26. The van der Waals surface area contributed by atoms with E-state index < -0.39 is 11.9 Å². The number of aromatic nitrogens is 4. The van der Waals surface area contributed by atoms with E-state index in [-0.39, 0.29) is 5.91 Å². The Kier molecular flexibility index (Phi) is 6.82. The van der Waals surface area contributed by atoms with Crippen LogP contribution < -0.4 is 15.5 Å². The minimum Gasteiger partial charge on any atom is -0.373 e. The Morgan fingerprint density at radius 1 is 1.12 bits per heavy atom. The van der Waals surface area contributed by atoms with Gasteiger partial charge in [0.2, 0.25) is 5.91 Å². The molecule has 4 aromatic rings. The third-order valence-corrected chi connectivity index (χ3v) is 5.56. The highest BCUT2D eigenvalue weighted by Crippen LogP contribution is 2.24. The summed E-state index contributed by atoms with van der Waals surface area (Å²) in [6, 6.07) is 17.6. The van der Waals surface area contributed by atoms with Crippen LogP contribution in [-0.2, 0) is 18.3 Å². The maximum Gasteiger partial charge on any atom is 0.248 e. The molecule has 1 amide bonds. The van der Waals surface area contributed by atoms with Gasteiger partial charge in [-0.3, -0.25) is 9.48 Å². The van der Waals surface area contributed by atoms with Crippen LogP contribution in [-0.4, -0.2) is 45.8 Å². The van der Waals surface area contributed by atoms with E-state index in [2.05, 4.69) is 25.7 Å². The summed E-state index contributed by atoms with van der Waals surface area (Å²) >= 11 is 0. The number of benzene rings is 1. The third kappa shape index (κ3) is 5.20. The molecule has 0 saturated heterocycles. The van der Waals surface area contributed by atoms with Crippen molar-refractivity contribution in [1.29, 1.82) is 0 Å². The minimum absolute atomic E-state index is 0.224. The quantitative estimate of drug-likeness (QED) is 0.417. The molecule has 0 spiro atoms.